The number of amides is 1. The maximum Gasteiger partial charge on any atom is 0.263 e. The first kappa shape index (κ1) is 19.2. The van der Waals surface area contributed by atoms with Crippen LogP contribution in [-0.4, -0.2) is 31.7 Å². The Morgan fingerprint density at radius 1 is 1.18 bits per heavy atom. The van der Waals surface area contributed by atoms with Gasteiger partial charge in [0.05, 0.1) is 6.04 Å². The Kier molecular flexibility index (Phi) is 5.27. The summed E-state index contributed by atoms with van der Waals surface area (Å²) in [5.74, 6) is 0.227. The number of rotatable bonds is 5. The number of nitrogens with zero attached hydrogens (tertiary/aromatic N) is 1. The predicted molar refractivity (Wildman–Crippen MR) is 109 cm³/mol. The molecule has 0 aliphatic carbocycles. The van der Waals surface area contributed by atoms with Gasteiger partial charge in [-0.3, -0.25) is 4.79 Å². The Hall–Kier alpha value is -2.16. The number of nitrogens with one attached hydrogen (secondary N) is 1. The van der Waals surface area contributed by atoms with Crippen LogP contribution in [0.5, 0.6) is 0 Å². The van der Waals surface area contributed by atoms with E-state index < -0.39 is 15.9 Å². The third-order valence-electron chi connectivity index (χ3n) is 4.99. The highest BCUT2D eigenvalue weighted by molar-refractivity contribution is 7.89. The molecular weight excluding hydrogens is 396 g/mol. The maximum absolute atomic E-state index is 13.0. The molecular formula is C20H22N2O4S2. The molecule has 28 heavy (non-hydrogen) atoms. The number of furan rings is 1. The van der Waals surface area contributed by atoms with Crippen LogP contribution in [0.25, 0.3) is 11.0 Å². The number of hydrogen-bond donors (Lipinski definition) is 1. The van der Waals surface area contributed by atoms with E-state index in [1.54, 1.807) is 5.38 Å². The fraction of sp³-hybridized carbons (Fsp3) is 0.350. The van der Waals surface area contributed by atoms with Crippen molar-refractivity contribution in [3.63, 3.8) is 0 Å². The zero-order valence-electron chi connectivity index (χ0n) is 15.6. The van der Waals surface area contributed by atoms with Crippen molar-refractivity contribution in [3.05, 3.63) is 52.4 Å². The van der Waals surface area contributed by atoms with Gasteiger partial charge in [-0.1, -0.05) is 24.6 Å². The molecule has 3 heterocycles. The number of benzene rings is 1. The van der Waals surface area contributed by atoms with Crippen molar-refractivity contribution in [1.29, 1.82) is 0 Å². The summed E-state index contributed by atoms with van der Waals surface area (Å²) in [4.78, 5) is 13.1. The summed E-state index contributed by atoms with van der Waals surface area (Å²) in [7, 11) is -3.66. The van der Waals surface area contributed by atoms with E-state index >= 15 is 0 Å². The van der Waals surface area contributed by atoms with Crippen LogP contribution in [0.2, 0.25) is 0 Å². The highest BCUT2D eigenvalue weighted by Gasteiger charge is 2.31. The van der Waals surface area contributed by atoms with Crippen LogP contribution in [0.1, 0.15) is 47.7 Å². The van der Waals surface area contributed by atoms with Gasteiger partial charge in [0, 0.05) is 18.5 Å². The molecule has 2 aromatic heterocycles. The first-order chi connectivity index (χ1) is 13.5. The lowest BCUT2D eigenvalue weighted by Crippen LogP contribution is -2.36. The van der Waals surface area contributed by atoms with Gasteiger partial charge in [-0.15, -0.1) is 11.3 Å². The van der Waals surface area contributed by atoms with Crippen molar-refractivity contribution in [2.75, 3.05) is 13.1 Å². The van der Waals surface area contributed by atoms with Gasteiger partial charge in [-0.2, -0.15) is 4.31 Å². The fourth-order valence-corrected chi connectivity index (χ4v) is 6.28. The van der Waals surface area contributed by atoms with Crippen LogP contribution >= 0.6 is 11.3 Å². The van der Waals surface area contributed by atoms with E-state index in [4.69, 9.17) is 4.42 Å². The molecule has 1 aliphatic heterocycles. The van der Waals surface area contributed by atoms with Gasteiger partial charge in [-0.25, -0.2) is 8.42 Å². The predicted octanol–water partition coefficient (Wildman–Crippen LogP) is 4.16. The Bertz CT molecular complexity index is 1060. The maximum atomic E-state index is 13.0. The van der Waals surface area contributed by atoms with Crippen LogP contribution < -0.4 is 5.32 Å². The first-order valence-electron chi connectivity index (χ1n) is 9.34. The lowest BCUT2D eigenvalue weighted by molar-refractivity contribution is 0.0936. The third kappa shape index (κ3) is 3.59. The molecule has 3 aromatic rings. The van der Waals surface area contributed by atoms with Gasteiger partial charge in [0.15, 0.2) is 0 Å². The highest BCUT2D eigenvalue weighted by Crippen LogP contribution is 2.29. The van der Waals surface area contributed by atoms with E-state index in [0.29, 0.717) is 18.8 Å². The molecule has 4 rings (SSSR count). The molecule has 1 atom stereocenters. The first-order valence-corrected chi connectivity index (χ1v) is 11.7. The van der Waals surface area contributed by atoms with E-state index in [0.717, 1.165) is 41.6 Å². The molecule has 1 amide bonds. The van der Waals surface area contributed by atoms with Crippen LogP contribution in [0.3, 0.4) is 0 Å². The summed E-state index contributed by atoms with van der Waals surface area (Å²) in [6.07, 6.45) is 2.75. The minimum absolute atomic E-state index is 0.0914. The lowest BCUT2D eigenvalue weighted by Gasteiger charge is -2.25. The number of sulfonamides is 1. The number of piperidine rings is 1. The summed E-state index contributed by atoms with van der Waals surface area (Å²) < 4.78 is 33.2. The number of fused-ring (bicyclic) bond motifs is 1. The zero-order chi connectivity index (χ0) is 19.7. The summed E-state index contributed by atoms with van der Waals surface area (Å²) in [5.41, 5.74) is 0.753. The summed E-state index contributed by atoms with van der Waals surface area (Å²) in [6.45, 7) is 2.84. The molecule has 1 aromatic carbocycles. The number of carbonyl (C=O) groups is 1. The molecule has 0 saturated carbocycles. The Morgan fingerprint density at radius 2 is 1.93 bits per heavy atom. The average Bonchev–Trinajstić information content (AvgIpc) is 3.36. The summed E-state index contributed by atoms with van der Waals surface area (Å²) in [5, 5.41) is 5.48. The Morgan fingerprint density at radius 3 is 2.68 bits per heavy atom. The van der Waals surface area contributed by atoms with Crippen molar-refractivity contribution in [3.8, 4) is 0 Å². The minimum Gasteiger partial charge on any atom is -0.459 e. The molecule has 1 aliphatic rings. The number of carbonyl (C=O) groups excluding carboxylic acids is 1. The molecule has 1 N–H and O–H groups in total. The van der Waals surface area contributed by atoms with E-state index in [-0.39, 0.29) is 15.8 Å². The molecule has 0 spiro atoms. The normalized spacial score (nSPS) is 16.9. The Balaban J connectivity index is 1.55. The number of para-hydroxylation sites is 1. The molecule has 6 nitrogen and oxygen atoms in total. The smallest absolute Gasteiger partial charge is 0.263 e. The van der Waals surface area contributed by atoms with Gasteiger partial charge in [0.2, 0.25) is 10.0 Å². The molecule has 0 bridgehead atoms. The summed E-state index contributed by atoms with van der Waals surface area (Å²) in [6, 6.07) is 10.7. The molecule has 8 heteroatoms. The van der Waals surface area contributed by atoms with Crippen LogP contribution in [0.4, 0.5) is 0 Å². The van der Waals surface area contributed by atoms with E-state index in [9.17, 15) is 13.2 Å². The van der Waals surface area contributed by atoms with Gasteiger partial charge in [0.25, 0.3) is 5.91 Å². The van der Waals surface area contributed by atoms with E-state index in [1.807, 2.05) is 37.3 Å². The van der Waals surface area contributed by atoms with Crippen LogP contribution in [0.15, 0.2) is 51.1 Å². The van der Waals surface area contributed by atoms with Gasteiger partial charge >= 0.3 is 0 Å². The molecule has 148 valence electrons. The monoisotopic (exact) mass is 418 g/mol. The molecule has 0 unspecified atom stereocenters. The fourth-order valence-electron chi connectivity index (χ4n) is 3.46. The van der Waals surface area contributed by atoms with Crippen molar-refractivity contribution in [2.45, 2.75) is 37.1 Å². The minimum atomic E-state index is -3.66. The van der Waals surface area contributed by atoms with Crippen molar-refractivity contribution >= 4 is 38.2 Å². The zero-order valence-corrected chi connectivity index (χ0v) is 17.2. The van der Waals surface area contributed by atoms with Crippen molar-refractivity contribution < 1.29 is 17.6 Å². The van der Waals surface area contributed by atoms with Crippen molar-refractivity contribution in [2.24, 2.45) is 0 Å². The van der Waals surface area contributed by atoms with Crippen LogP contribution in [0, 0.1) is 0 Å². The number of hydrogen-bond acceptors (Lipinski definition) is 5. The third-order valence-corrected chi connectivity index (χ3v) is 7.97. The summed E-state index contributed by atoms with van der Waals surface area (Å²) >= 11 is 1.14. The Labute approximate surface area is 168 Å². The standard InChI is InChI=1S/C20H22N2O4S2/c1-14(17-13-15-7-3-4-8-16(15)26-17)21-20(23)19-18(9-12-27-19)28(24,25)22-10-5-2-6-11-22/h3-4,7-9,12-14H,2,5-6,10-11H2,1H3,(H,21,23)/t14-/m0/s1. The second-order valence-corrected chi connectivity index (χ2v) is 9.78. The molecule has 0 radical (unpaired) electrons. The van der Waals surface area contributed by atoms with Crippen molar-refractivity contribution in [1.82, 2.24) is 9.62 Å². The van der Waals surface area contributed by atoms with Gasteiger partial charge in [-0.05, 0) is 43.3 Å². The second kappa shape index (κ2) is 7.69. The topological polar surface area (TPSA) is 79.6 Å². The number of thiophene rings is 1. The van der Waals surface area contributed by atoms with E-state index in [2.05, 4.69) is 5.32 Å². The van der Waals surface area contributed by atoms with E-state index in [1.165, 1.54) is 10.4 Å². The van der Waals surface area contributed by atoms with Crippen LogP contribution in [-0.2, 0) is 10.0 Å². The quantitative estimate of drug-likeness (QED) is 0.675. The SMILES string of the molecule is C[C@H](NC(=O)c1sccc1S(=O)(=O)N1CCCCC1)c1cc2ccccc2o1. The largest absolute Gasteiger partial charge is 0.459 e. The molecule has 1 fully saturated rings. The average molecular weight is 419 g/mol. The second-order valence-electron chi connectivity index (χ2n) is 6.96. The highest BCUT2D eigenvalue weighted by atomic mass is 32.2. The van der Waals surface area contributed by atoms with Gasteiger partial charge in [0.1, 0.15) is 21.1 Å². The lowest BCUT2D eigenvalue weighted by atomic mass is 10.2. The van der Waals surface area contributed by atoms with Gasteiger partial charge < -0.3 is 9.73 Å². The molecule has 1 saturated heterocycles.